The number of ketones is 3. The zero-order valence-electron chi connectivity index (χ0n) is 31.4. The van der Waals surface area contributed by atoms with E-state index in [0.717, 1.165) is 42.9 Å². The highest BCUT2D eigenvalue weighted by atomic mass is 16.3. The van der Waals surface area contributed by atoms with Crippen molar-refractivity contribution in [1.29, 1.82) is 0 Å². The number of aliphatic hydroxyl groups is 1. The number of benzene rings is 1. The summed E-state index contributed by atoms with van der Waals surface area (Å²) in [6, 6.07) is 3.68. The number of carbonyl (C=O) groups is 3. The summed E-state index contributed by atoms with van der Waals surface area (Å²) in [5, 5.41) is 31.9. The van der Waals surface area contributed by atoms with Crippen LogP contribution < -0.4 is 0 Å². The molecule has 0 spiro atoms. The molecule has 49 heavy (non-hydrogen) atoms. The van der Waals surface area contributed by atoms with Crippen molar-refractivity contribution in [3.63, 3.8) is 0 Å². The Hall–Kier alpha value is -3.93. The molecule has 0 heterocycles. The molecule has 6 nitrogen and oxygen atoms in total. The fraction of sp³-hybridized carbons (Fsp3) is 0.512. The van der Waals surface area contributed by atoms with Gasteiger partial charge in [-0.15, -0.1) is 0 Å². The maximum Gasteiger partial charge on any atom is 0.184 e. The fourth-order valence-corrected chi connectivity index (χ4v) is 7.52. The average Bonchev–Trinajstić information content (AvgIpc) is 3.00. The summed E-state index contributed by atoms with van der Waals surface area (Å²) in [6.45, 7) is 20.2. The molecule has 1 aromatic rings. The Labute approximate surface area is 294 Å². The first-order chi connectivity index (χ1) is 22.8. The highest BCUT2D eigenvalue weighted by Gasteiger charge is 2.73. The zero-order chi connectivity index (χ0) is 36.9. The molecule has 0 unspecified atom stereocenters. The number of phenolic OH excluding ortho intramolecular Hbond substituents is 2. The quantitative estimate of drug-likeness (QED) is 0.0481. The number of allylic oxidation sites excluding steroid dienone is 11. The number of Topliss-reactive ketones (excluding diaryl/α,β-unsaturated/α-hetero) is 3. The number of fused-ring (bicyclic) bond motifs is 2. The normalized spacial score (nSPS) is 24.8. The summed E-state index contributed by atoms with van der Waals surface area (Å²) in [5.41, 5.74) is 1.27. The van der Waals surface area contributed by atoms with E-state index in [1.54, 1.807) is 0 Å². The first-order valence-electron chi connectivity index (χ1n) is 17.6. The molecule has 0 radical (unpaired) electrons. The van der Waals surface area contributed by atoms with Gasteiger partial charge in [0.15, 0.2) is 28.8 Å². The van der Waals surface area contributed by atoms with Crippen LogP contribution in [0.25, 0.3) is 5.76 Å². The van der Waals surface area contributed by atoms with Crippen molar-refractivity contribution in [2.75, 3.05) is 0 Å². The third-order valence-electron chi connectivity index (χ3n) is 10.8. The third kappa shape index (κ3) is 8.11. The second-order valence-electron chi connectivity index (χ2n) is 15.7. The molecule has 2 saturated carbocycles. The van der Waals surface area contributed by atoms with Gasteiger partial charge in [0.25, 0.3) is 0 Å². The van der Waals surface area contributed by atoms with Crippen LogP contribution in [0, 0.1) is 22.2 Å². The molecule has 6 heteroatoms. The van der Waals surface area contributed by atoms with E-state index in [-0.39, 0.29) is 36.5 Å². The van der Waals surface area contributed by atoms with E-state index < -0.39 is 50.6 Å². The van der Waals surface area contributed by atoms with Crippen molar-refractivity contribution in [3.05, 3.63) is 87.6 Å². The van der Waals surface area contributed by atoms with E-state index in [4.69, 9.17) is 0 Å². The Bertz CT molecular complexity index is 1650. The van der Waals surface area contributed by atoms with Crippen LogP contribution in [0.5, 0.6) is 11.5 Å². The van der Waals surface area contributed by atoms with E-state index >= 15 is 9.59 Å². The van der Waals surface area contributed by atoms with Crippen molar-refractivity contribution < 1.29 is 29.7 Å². The molecule has 2 aliphatic carbocycles. The van der Waals surface area contributed by atoms with Crippen molar-refractivity contribution in [2.24, 2.45) is 22.2 Å². The Kier molecular flexibility index (Phi) is 12.7. The summed E-state index contributed by atoms with van der Waals surface area (Å²) in [5.74, 6) is -3.36. The molecule has 0 aliphatic heterocycles. The van der Waals surface area contributed by atoms with Gasteiger partial charge >= 0.3 is 0 Å². The largest absolute Gasteiger partial charge is 0.506 e. The number of rotatable bonds is 13. The van der Waals surface area contributed by atoms with E-state index in [1.165, 1.54) is 28.9 Å². The van der Waals surface area contributed by atoms with Gasteiger partial charge in [-0.2, -0.15) is 0 Å². The molecule has 2 aliphatic rings. The minimum Gasteiger partial charge on any atom is -0.506 e. The minimum atomic E-state index is -1.61. The lowest BCUT2D eigenvalue weighted by atomic mass is 9.38. The zero-order valence-corrected chi connectivity index (χ0v) is 31.4. The van der Waals surface area contributed by atoms with Gasteiger partial charge in [-0.05, 0) is 136 Å². The molecule has 2 bridgehead atoms. The maximum absolute atomic E-state index is 15.2. The molecule has 2 fully saturated rings. The van der Waals surface area contributed by atoms with Crippen LogP contribution >= 0.6 is 0 Å². The first-order valence-corrected chi connectivity index (χ1v) is 17.6. The van der Waals surface area contributed by atoms with Gasteiger partial charge in [-0.25, -0.2) is 0 Å². The predicted octanol–water partition coefficient (Wildman–Crippen LogP) is 10.6. The summed E-state index contributed by atoms with van der Waals surface area (Å²) in [7, 11) is 0. The maximum atomic E-state index is 15.2. The molecular weight excluding hydrogens is 612 g/mol. The Balaban J connectivity index is 2.32. The highest BCUT2D eigenvalue weighted by Crippen LogP contribution is 2.65. The van der Waals surface area contributed by atoms with Gasteiger partial charge in [-0.1, -0.05) is 72.1 Å². The van der Waals surface area contributed by atoms with Gasteiger partial charge in [0.2, 0.25) is 0 Å². The van der Waals surface area contributed by atoms with Crippen LogP contribution in [0.4, 0.5) is 0 Å². The first kappa shape index (κ1) is 39.5. The van der Waals surface area contributed by atoms with Crippen molar-refractivity contribution in [1.82, 2.24) is 0 Å². The lowest BCUT2D eigenvalue weighted by molar-refractivity contribution is -0.176. The van der Waals surface area contributed by atoms with E-state index in [9.17, 15) is 20.1 Å². The van der Waals surface area contributed by atoms with Gasteiger partial charge < -0.3 is 15.3 Å². The van der Waals surface area contributed by atoms with E-state index in [1.807, 2.05) is 46.8 Å². The standard InChI is InChI=1S/C43H58O6/c1-27(2)13-11-15-30(7)17-19-33-26-42(23-22-31(8)16-12-14-28(3)4)38(47)36(37(46)32-18-20-34(44)35(45)25-32)39(48)43(40(42)49,41(33,9)10)24-21-29(5)6/h13-14,17-18,20-22,25,33,44-46H,11-12,15-16,19,23-24,26H2,1-10H3/b30-17+,31-22-,37-36+/t33-,42-,43+/m0/s1. The minimum absolute atomic E-state index is 0.0182. The number of hydrogen-bond donors (Lipinski definition) is 3. The molecular formula is C43H58O6. The number of phenols is 2. The summed E-state index contributed by atoms with van der Waals surface area (Å²) < 4.78 is 0. The monoisotopic (exact) mass is 670 g/mol. The SMILES string of the molecule is CC(C)=CCC/C(C)=C\C[C@]12C[C@H](C/C=C(\C)CCC=C(C)C)C(C)(C)[C@](CC=C(C)C)(C(=O)/C(=C(/O)c3ccc(O)c(O)c3)C1=O)C2=O. The predicted molar refractivity (Wildman–Crippen MR) is 199 cm³/mol. The summed E-state index contributed by atoms with van der Waals surface area (Å²) >= 11 is 0. The molecule has 3 N–H and O–H groups in total. The van der Waals surface area contributed by atoms with Crippen LogP contribution in [-0.2, 0) is 14.4 Å². The molecule has 1 aromatic carbocycles. The molecule has 0 aromatic heterocycles. The molecule has 3 rings (SSSR count). The fourth-order valence-electron chi connectivity index (χ4n) is 7.52. The van der Waals surface area contributed by atoms with Crippen LogP contribution in [0.15, 0.2) is 82.0 Å². The lowest BCUT2D eigenvalue weighted by Gasteiger charge is -2.60. The van der Waals surface area contributed by atoms with Crippen LogP contribution in [0.2, 0.25) is 0 Å². The van der Waals surface area contributed by atoms with Crippen molar-refractivity contribution in [3.8, 4) is 11.5 Å². The third-order valence-corrected chi connectivity index (χ3v) is 10.8. The van der Waals surface area contributed by atoms with E-state index in [2.05, 4.69) is 52.8 Å². The Morgan fingerprint density at radius 3 is 1.82 bits per heavy atom. The summed E-state index contributed by atoms with van der Waals surface area (Å²) in [4.78, 5) is 45.1. The van der Waals surface area contributed by atoms with Gasteiger partial charge in [-0.3, -0.25) is 14.4 Å². The Morgan fingerprint density at radius 2 is 1.29 bits per heavy atom. The summed E-state index contributed by atoms with van der Waals surface area (Å²) in [6.07, 6.45) is 15.0. The lowest BCUT2D eigenvalue weighted by Crippen LogP contribution is -2.69. The number of aliphatic hydroxyl groups excluding tert-OH is 1. The van der Waals surface area contributed by atoms with Gasteiger partial charge in [0.05, 0.1) is 5.41 Å². The van der Waals surface area contributed by atoms with Crippen LogP contribution in [0.3, 0.4) is 0 Å². The Morgan fingerprint density at radius 1 is 0.735 bits per heavy atom. The van der Waals surface area contributed by atoms with Crippen LogP contribution in [0.1, 0.15) is 126 Å². The smallest absolute Gasteiger partial charge is 0.184 e. The molecule has 266 valence electrons. The number of hydrogen-bond acceptors (Lipinski definition) is 6. The van der Waals surface area contributed by atoms with E-state index in [0.29, 0.717) is 6.42 Å². The molecule has 0 saturated heterocycles. The highest BCUT2D eigenvalue weighted by molar-refractivity contribution is 6.41. The van der Waals surface area contributed by atoms with Crippen molar-refractivity contribution in [2.45, 2.75) is 121 Å². The number of carbonyl (C=O) groups excluding carboxylic acids is 3. The van der Waals surface area contributed by atoms with Crippen molar-refractivity contribution >= 4 is 23.1 Å². The number of aromatic hydroxyl groups is 2. The van der Waals surface area contributed by atoms with Gasteiger partial charge in [0, 0.05) is 5.56 Å². The van der Waals surface area contributed by atoms with Gasteiger partial charge in [0.1, 0.15) is 16.7 Å². The second-order valence-corrected chi connectivity index (χ2v) is 15.7. The molecule has 0 amide bonds. The van der Waals surface area contributed by atoms with Crippen LogP contribution in [-0.4, -0.2) is 32.7 Å². The second kappa shape index (κ2) is 15.7. The topological polar surface area (TPSA) is 112 Å². The molecule has 3 atom stereocenters. The average molecular weight is 671 g/mol.